The highest BCUT2D eigenvalue weighted by atomic mass is 16.8. The van der Waals surface area contributed by atoms with Crippen molar-refractivity contribution in [1.82, 2.24) is 0 Å². The van der Waals surface area contributed by atoms with Crippen LogP contribution in [-0.4, -0.2) is 81.7 Å². The van der Waals surface area contributed by atoms with Crippen molar-refractivity contribution in [2.75, 3.05) is 20.3 Å². The summed E-state index contributed by atoms with van der Waals surface area (Å²) in [5, 5.41) is 0. The lowest BCUT2D eigenvalue weighted by molar-refractivity contribution is -0.372. The maximum absolute atomic E-state index is 7.63. The molecule has 0 radical (unpaired) electrons. The summed E-state index contributed by atoms with van der Waals surface area (Å²) in [7, 11) is 1.63. The van der Waals surface area contributed by atoms with E-state index < -0.39 is 61.4 Å². The van der Waals surface area contributed by atoms with Crippen LogP contribution in [0.3, 0.4) is 0 Å². The van der Waals surface area contributed by atoms with Gasteiger partial charge in [0.15, 0.2) is 6.29 Å². The van der Waals surface area contributed by atoms with E-state index >= 15 is 0 Å². The van der Waals surface area contributed by atoms with Crippen molar-refractivity contribution >= 4 is 0 Å². The molecule has 12 heteroatoms. The van der Waals surface area contributed by atoms with Crippen LogP contribution in [0.2, 0.25) is 0 Å². The molecule has 2 aliphatic heterocycles. The van der Waals surface area contributed by atoms with E-state index in [4.69, 9.17) is 56.8 Å². The maximum atomic E-state index is 7.63. The molecule has 0 unspecified atom stereocenters. The minimum Gasteiger partial charge on any atom is -0.497 e. The van der Waals surface area contributed by atoms with E-state index in [1.54, 1.807) is 7.11 Å². The van der Waals surface area contributed by atoms with Crippen molar-refractivity contribution in [3.05, 3.63) is 276 Å². The minimum atomic E-state index is -1.14. The smallest absolute Gasteiger partial charge is 0.229 e. The molecule has 12 nitrogen and oxygen atoms in total. The Balaban J connectivity index is 1.06. The third-order valence-corrected chi connectivity index (χ3v) is 14.0. The first kappa shape index (κ1) is 56.2. The van der Waals surface area contributed by atoms with Crippen LogP contribution in [0, 0.1) is 0 Å². The SMILES string of the molecule is COc1ccc(O[C@@H]2O[C@H](COCc3ccccc3)[C@@H](O[C@@H]3O[C@H](COCc4ccccc4)[C@H](OCc4ccccc4)[C@H](OCc4ccccc4)[C@H]3OCc3ccccc3)[C@H](OCc3ccccc3)[C@H]2OCc2ccccc2)cc1. The van der Waals surface area contributed by atoms with Crippen LogP contribution >= 0.6 is 0 Å². The largest absolute Gasteiger partial charge is 0.497 e. The van der Waals surface area contributed by atoms with Crippen LogP contribution in [0.25, 0.3) is 0 Å². The molecular formula is C68H70O12. The van der Waals surface area contributed by atoms with E-state index in [2.05, 4.69) is 0 Å². The van der Waals surface area contributed by atoms with Gasteiger partial charge in [0.2, 0.25) is 6.29 Å². The van der Waals surface area contributed by atoms with Gasteiger partial charge >= 0.3 is 0 Å². The average Bonchev–Trinajstić information content (AvgIpc) is 3.60. The summed E-state index contributed by atoms with van der Waals surface area (Å²) in [6.07, 6.45) is -8.81. The molecule has 8 aromatic carbocycles. The molecule has 0 aromatic heterocycles. The predicted molar refractivity (Wildman–Crippen MR) is 303 cm³/mol. The van der Waals surface area contributed by atoms with Gasteiger partial charge in [-0.1, -0.05) is 212 Å². The number of ether oxygens (including phenoxy) is 12. The van der Waals surface area contributed by atoms with Crippen LogP contribution in [0.1, 0.15) is 38.9 Å². The second-order valence-electron chi connectivity index (χ2n) is 19.8. The summed E-state index contributed by atoms with van der Waals surface area (Å²) in [5.41, 5.74) is 6.83. The Morgan fingerprint density at radius 2 is 0.575 bits per heavy atom. The molecule has 2 heterocycles. The fourth-order valence-electron chi connectivity index (χ4n) is 9.84. The zero-order valence-corrected chi connectivity index (χ0v) is 45.1. The van der Waals surface area contributed by atoms with Crippen molar-refractivity contribution < 1.29 is 56.8 Å². The van der Waals surface area contributed by atoms with Crippen LogP contribution in [0.5, 0.6) is 11.5 Å². The normalized spacial score (nSPS) is 22.8. The van der Waals surface area contributed by atoms with Crippen molar-refractivity contribution in [3.8, 4) is 11.5 Å². The molecule has 2 aliphatic rings. The molecule has 10 atom stereocenters. The summed E-state index contributed by atoms with van der Waals surface area (Å²) in [6, 6.07) is 77.7. The third kappa shape index (κ3) is 16.3. The average molecular weight is 1080 g/mol. The Labute approximate surface area is 469 Å². The molecule has 0 bridgehead atoms. The Kier molecular flexibility index (Phi) is 21.1. The van der Waals surface area contributed by atoms with E-state index in [0.29, 0.717) is 24.7 Å². The highest BCUT2D eigenvalue weighted by molar-refractivity contribution is 5.31. The fraction of sp³-hybridized carbons (Fsp3) is 0.294. The fourth-order valence-corrected chi connectivity index (χ4v) is 9.84. The van der Waals surface area contributed by atoms with Crippen molar-refractivity contribution in [1.29, 1.82) is 0 Å². The van der Waals surface area contributed by atoms with Crippen molar-refractivity contribution in [3.63, 3.8) is 0 Å². The van der Waals surface area contributed by atoms with Crippen LogP contribution in [0.4, 0.5) is 0 Å². The maximum Gasteiger partial charge on any atom is 0.229 e. The van der Waals surface area contributed by atoms with Crippen LogP contribution in [-0.2, 0) is 93.6 Å². The first-order valence-corrected chi connectivity index (χ1v) is 27.4. The Morgan fingerprint density at radius 3 is 0.950 bits per heavy atom. The van der Waals surface area contributed by atoms with Crippen LogP contribution < -0.4 is 9.47 Å². The van der Waals surface area contributed by atoms with Gasteiger partial charge in [-0.15, -0.1) is 0 Å². The van der Waals surface area contributed by atoms with Crippen molar-refractivity contribution in [2.45, 2.75) is 108 Å². The predicted octanol–water partition coefficient (Wildman–Crippen LogP) is 12.3. The van der Waals surface area contributed by atoms with Gasteiger partial charge in [0.05, 0.1) is 66.6 Å². The second kappa shape index (κ2) is 30.0. The lowest BCUT2D eigenvalue weighted by atomic mass is 9.95. The van der Waals surface area contributed by atoms with E-state index in [-0.39, 0.29) is 46.2 Å². The second-order valence-corrected chi connectivity index (χ2v) is 19.8. The van der Waals surface area contributed by atoms with E-state index in [0.717, 1.165) is 38.9 Å². The molecule has 2 fully saturated rings. The zero-order valence-electron chi connectivity index (χ0n) is 45.1. The molecule has 8 aromatic rings. The summed E-state index contributed by atoms with van der Waals surface area (Å²) in [4.78, 5) is 0. The molecule has 0 spiro atoms. The highest BCUT2D eigenvalue weighted by Crippen LogP contribution is 2.38. The summed E-state index contributed by atoms with van der Waals surface area (Å²) in [5.74, 6) is 1.22. The number of hydrogen-bond donors (Lipinski definition) is 0. The summed E-state index contributed by atoms with van der Waals surface area (Å²) in [6.45, 7) is 1.99. The molecular weight excluding hydrogens is 1010 g/mol. The molecule has 10 rings (SSSR count). The van der Waals surface area contributed by atoms with Gasteiger partial charge in [0.25, 0.3) is 0 Å². The first-order valence-electron chi connectivity index (χ1n) is 27.4. The Hall–Kier alpha value is -7.04. The number of methoxy groups -OCH3 is 1. The summed E-state index contributed by atoms with van der Waals surface area (Å²) >= 11 is 0. The quantitative estimate of drug-likeness (QED) is 0.0466. The molecule has 0 amide bonds. The Bertz CT molecular complexity index is 2950. The third-order valence-electron chi connectivity index (χ3n) is 14.0. The minimum absolute atomic E-state index is 0.0707. The lowest BCUT2D eigenvalue weighted by Crippen LogP contribution is -2.66. The number of benzene rings is 8. The standard InChI is InChI=1S/C68H70O12/c1-69-57-37-39-58(40-38-57)77-67-66(76-47-56-35-21-8-22-36-56)64(74-45-54-31-17-6-18-32-54)62(60(79-67)49-71-42-51-25-11-3-12-26-51)80-68-65(75-46-55-33-19-7-20-34-55)63(73-44-53-29-15-5-16-30-53)61(72-43-52-27-13-4-14-28-52)59(78-68)48-70-41-50-23-9-2-10-24-50/h2-40,59-68H,41-49H2,1H3/t59-,60-,61+,62-,63+,64+,65-,66-,67-,68+/m1/s1. The number of rotatable bonds is 28. The van der Waals surface area contributed by atoms with Gasteiger partial charge < -0.3 is 56.8 Å². The molecule has 414 valence electrons. The zero-order chi connectivity index (χ0) is 54.4. The molecule has 80 heavy (non-hydrogen) atoms. The molecule has 0 aliphatic carbocycles. The van der Waals surface area contributed by atoms with E-state index in [1.165, 1.54) is 0 Å². The van der Waals surface area contributed by atoms with Crippen LogP contribution in [0.15, 0.2) is 237 Å². The molecule has 0 saturated carbocycles. The van der Waals surface area contributed by atoms with Gasteiger partial charge in [-0.05, 0) is 63.2 Å². The number of hydrogen-bond acceptors (Lipinski definition) is 12. The first-order chi connectivity index (χ1) is 39.6. The van der Waals surface area contributed by atoms with E-state index in [9.17, 15) is 0 Å². The molecule has 2 saturated heterocycles. The van der Waals surface area contributed by atoms with Crippen molar-refractivity contribution in [2.24, 2.45) is 0 Å². The van der Waals surface area contributed by atoms with Gasteiger partial charge in [0, 0.05) is 0 Å². The van der Waals surface area contributed by atoms with Gasteiger partial charge in [-0.2, -0.15) is 0 Å². The van der Waals surface area contributed by atoms with Gasteiger partial charge in [-0.25, -0.2) is 0 Å². The van der Waals surface area contributed by atoms with Gasteiger partial charge in [-0.3, -0.25) is 0 Å². The monoisotopic (exact) mass is 1080 g/mol. The highest BCUT2D eigenvalue weighted by Gasteiger charge is 2.55. The summed E-state index contributed by atoms with van der Waals surface area (Å²) < 4.78 is 83.3. The molecule has 0 N–H and O–H groups in total. The Morgan fingerprint density at radius 1 is 0.287 bits per heavy atom. The van der Waals surface area contributed by atoms with E-state index in [1.807, 2.05) is 237 Å². The topological polar surface area (TPSA) is 111 Å². The van der Waals surface area contributed by atoms with Gasteiger partial charge in [0.1, 0.15) is 60.3 Å². The lowest BCUT2D eigenvalue weighted by Gasteiger charge is -2.50.